The van der Waals surface area contributed by atoms with Crippen molar-refractivity contribution in [2.45, 2.75) is 26.9 Å². The van der Waals surface area contributed by atoms with Gasteiger partial charge in [-0.2, -0.15) is 0 Å². The van der Waals surface area contributed by atoms with Crippen LogP contribution in [0.3, 0.4) is 0 Å². The Morgan fingerprint density at radius 3 is 2.32 bits per heavy atom. The van der Waals surface area contributed by atoms with Crippen molar-refractivity contribution in [3.8, 4) is 0 Å². The molecule has 0 saturated heterocycles. The smallest absolute Gasteiger partial charge is 0.312 e. The van der Waals surface area contributed by atoms with Gasteiger partial charge in [-0.1, -0.05) is 27.5 Å². The zero-order valence-corrected chi connectivity index (χ0v) is 14.9. The summed E-state index contributed by atoms with van der Waals surface area (Å²) in [5.41, 5.74) is 0.715. The second kappa shape index (κ2) is 6.75. The number of hydrogen-bond acceptors (Lipinski definition) is 4. The molecule has 2 heterocycles. The van der Waals surface area contributed by atoms with Crippen molar-refractivity contribution in [1.29, 1.82) is 0 Å². The van der Waals surface area contributed by atoms with Crippen LogP contribution in [-0.4, -0.2) is 15.9 Å². The molecule has 2 aromatic rings. The molecule has 0 aliphatic carbocycles. The molecular formula is C16H16BrClN2O2. The van der Waals surface area contributed by atoms with Gasteiger partial charge in [0, 0.05) is 40.4 Å². The summed E-state index contributed by atoms with van der Waals surface area (Å²) in [4.78, 5) is 20.5. The van der Waals surface area contributed by atoms with E-state index in [-0.39, 0.29) is 5.97 Å². The highest BCUT2D eigenvalue weighted by Crippen LogP contribution is 2.35. The van der Waals surface area contributed by atoms with Crippen LogP contribution in [0.1, 0.15) is 38.0 Å². The molecule has 2 aromatic heterocycles. The number of aromatic nitrogens is 2. The van der Waals surface area contributed by atoms with Crippen molar-refractivity contribution in [3.63, 3.8) is 0 Å². The third kappa shape index (κ3) is 3.84. The van der Waals surface area contributed by atoms with Crippen molar-refractivity contribution < 1.29 is 9.53 Å². The van der Waals surface area contributed by atoms with E-state index in [1.807, 2.05) is 0 Å². The fraction of sp³-hybridized carbons (Fsp3) is 0.312. The molecule has 0 radical (unpaired) electrons. The quantitative estimate of drug-likeness (QED) is 0.728. The first-order valence-electron chi connectivity index (χ1n) is 6.70. The van der Waals surface area contributed by atoms with Gasteiger partial charge in [-0.25, -0.2) is 0 Å². The summed E-state index contributed by atoms with van der Waals surface area (Å²) in [7, 11) is 0. The highest BCUT2D eigenvalue weighted by molar-refractivity contribution is 9.10. The molecule has 6 heteroatoms. The van der Waals surface area contributed by atoms with Gasteiger partial charge in [0.25, 0.3) is 0 Å². The van der Waals surface area contributed by atoms with Gasteiger partial charge >= 0.3 is 5.97 Å². The minimum Gasteiger partial charge on any atom is -0.452 e. The Bertz CT molecular complexity index is 640. The first-order valence-corrected chi connectivity index (χ1v) is 7.87. The number of esters is 1. The van der Waals surface area contributed by atoms with Crippen molar-refractivity contribution in [2.24, 2.45) is 5.41 Å². The van der Waals surface area contributed by atoms with E-state index in [0.29, 0.717) is 10.6 Å². The van der Waals surface area contributed by atoms with Crippen LogP contribution < -0.4 is 0 Å². The maximum Gasteiger partial charge on any atom is 0.312 e. The molecule has 0 spiro atoms. The molecule has 0 aliphatic heterocycles. The summed E-state index contributed by atoms with van der Waals surface area (Å²) in [5, 5.41) is 0.484. The molecule has 0 N–H and O–H groups in total. The van der Waals surface area contributed by atoms with E-state index in [4.69, 9.17) is 16.3 Å². The zero-order valence-electron chi connectivity index (χ0n) is 12.5. The van der Waals surface area contributed by atoms with Crippen LogP contribution in [0, 0.1) is 5.41 Å². The number of ether oxygens (including phenoxy) is 1. The van der Waals surface area contributed by atoms with Gasteiger partial charge < -0.3 is 4.74 Å². The van der Waals surface area contributed by atoms with Gasteiger partial charge in [0.1, 0.15) is 0 Å². The van der Waals surface area contributed by atoms with Gasteiger partial charge in [-0.3, -0.25) is 14.8 Å². The van der Waals surface area contributed by atoms with Gasteiger partial charge in [0.05, 0.1) is 10.4 Å². The number of hydrogen-bond donors (Lipinski definition) is 0. The number of carbonyl (C=O) groups excluding carboxylic acids is 1. The predicted octanol–water partition coefficient (Wildman–Crippen LogP) is 4.57. The maximum absolute atomic E-state index is 12.3. The molecule has 0 bridgehead atoms. The zero-order chi connectivity index (χ0) is 16.3. The highest BCUT2D eigenvalue weighted by atomic mass is 79.9. The molecule has 0 fully saturated rings. The Balaban J connectivity index is 2.49. The second-order valence-electron chi connectivity index (χ2n) is 5.83. The summed E-state index contributed by atoms with van der Waals surface area (Å²) in [6.07, 6.45) is 5.82. The average molecular weight is 384 g/mol. The molecule has 1 unspecified atom stereocenters. The van der Waals surface area contributed by atoms with Gasteiger partial charge in [0.2, 0.25) is 0 Å². The van der Waals surface area contributed by atoms with Crippen LogP contribution in [0.2, 0.25) is 5.02 Å². The number of rotatable bonds is 3. The third-order valence-electron chi connectivity index (χ3n) is 2.99. The highest BCUT2D eigenvalue weighted by Gasteiger charge is 2.30. The van der Waals surface area contributed by atoms with E-state index >= 15 is 0 Å². The number of carbonyl (C=O) groups is 1. The monoisotopic (exact) mass is 382 g/mol. The van der Waals surface area contributed by atoms with Crippen molar-refractivity contribution in [2.75, 3.05) is 0 Å². The molecule has 0 aliphatic rings. The van der Waals surface area contributed by atoms with E-state index < -0.39 is 11.5 Å². The minimum atomic E-state index is -0.670. The number of pyridine rings is 2. The molecule has 4 nitrogen and oxygen atoms in total. The van der Waals surface area contributed by atoms with Crippen LogP contribution in [0.15, 0.2) is 41.4 Å². The minimum absolute atomic E-state index is 0.326. The fourth-order valence-electron chi connectivity index (χ4n) is 1.74. The van der Waals surface area contributed by atoms with Crippen LogP contribution >= 0.6 is 27.5 Å². The molecule has 0 saturated carbocycles. The largest absolute Gasteiger partial charge is 0.452 e. The lowest BCUT2D eigenvalue weighted by atomic mass is 9.96. The summed E-state index contributed by atoms with van der Waals surface area (Å²) in [5.74, 6) is -0.326. The lowest BCUT2D eigenvalue weighted by molar-refractivity contribution is -0.157. The normalized spacial score (nSPS) is 12.8. The van der Waals surface area contributed by atoms with Crippen molar-refractivity contribution in [1.82, 2.24) is 9.97 Å². The standard InChI is InChI=1S/C16H16BrClN2O2/c1-16(2,3)15(21)22-14(10-8-19-6-4-12(10)17)11-9-20-7-5-13(11)18/h4-9,14H,1-3H3. The van der Waals surface area contributed by atoms with Crippen LogP contribution in [0.4, 0.5) is 0 Å². The first-order chi connectivity index (χ1) is 10.3. The van der Waals surface area contributed by atoms with Crippen molar-refractivity contribution >= 4 is 33.5 Å². The van der Waals surface area contributed by atoms with E-state index in [9.17, 15) is 4.79 Å². The van der Waals surface area contributed by atoms with Crippen LogP contribution in [-0.2, 0) is 9.53 Å². The molecule has 2 rings (SSSR count). The Kier molecular flexibility index (Phi) is 5.19. The Morgan fingerprint density at radius 2 is 1.77 bits per heavy atom. The molecule has 0 amide bonds. The first kappa shape index (κ1) is 16.9. The second-order valence-corrected chi connectivity index (χ2v) is 7.09. The Hall–Kier alpha value is -1.46. The maximum atomic E-state index is 12.3. The Morgan fingerprint density at radius 1 is 1.18 bits per heavy atom. The van der Waals surface area contributed by atoms with Gasteiger partial charge in [-0.15, -0.1) is 0 Å². The molecule has 1 atom stereocenters. The summed E-state index contributed by atoms with van der Waals surface area (Å²) < 4.78 is 6.50. The Labute approximate surface area is 143 Å². The third-order valence-corrected chi connectivity index (χ3v) is 4.06. The molecule has 0 aromatic carbocycles. The summed E-state index contributed by atoms with van der Waals surface area (Å²) in [6, 6.07) is 3.45. The summed E-state index contributed by atoms with van der Waals surface area (Å²) >= 11 is 9.72. The molecule has 116 valence electrons. The van der Waals surface area contributed by atoms with Gasteiger partial charge in [-0.05, 0) is 32.9 Å². The lowest BCUT2D eigenvalue weighted by Gasteiger charge is -2.24. The SMILES string of the molecule is CC(C)(C)C(=O)OC(c1cnccc1Cl)c1cnccc1Br. The van der Waals surface area contributed by atoms with Crippen molar-refractivity contribution in [3.05, 3.63) is 57.5 Å². The van der Waals surface area contributed by atoms with Crippen LogP contribution in [0.25, 0.3) is 0 Å². The number of halogens is 2. The van der Waals surface area contributed by atoms with E-state index in [0.717, 1.165) is 10.0 Å². The van der Waals surface area contributed by atoms with E-state index in [1.165, 1.54) is 0 Å². The van der Waals surface area contributed by atoms with E-state index in [2.05, 4.69) is 25.9 Å². The topological polar surface area (TPSA) is 52.1 Å². The van der Waals surface area contributed by atoms with Gasteiger partial charge in [0.15, 0.2) is 6.10 Å². The molecule has 22 heavy (non-hydrogen) atoms. The average Bonchev–Trinajstić information content (AvgIpc) is 2.45. The predicted molar refractivity (Wildman–Crippen MR) is 88.6 cm³/mol. The fourth-order valence-corrected chi connectivity index (χ4v) is 2.38. The number of nitrogens with zero attached hydrogens (tertiary/aromatic N) is 2. The van der Waals surface area contributed by atoms with E-state index in [1.54, 1.807) is 57.7 Å². The molecular weight excluding hydrogens is 368 g/mol. The lowest BCUT2D eigenvalue weighted by Crippen LogP contribution is -2.25. The van der Waals surface area contributed by atoms with Crippen LogP contribution in [0.5, 0.6) is 0 Å². The summed E-state index contributed by atoms with van der Waals surface area (Å²) in [6.45, 7) is 5.40.